The minimum atomic E-state index is 0.353. The molecule has 18 heavy (non-hydrogen) atoms. The number of piperidine rings is 1. The van der Waals surface area contributed by atoms with Crippen molar-refractivity contribution in [3.05, 3.63) is 24.0 Å². The SMILES string of the molecule is CCNCc1ccncc1N1CCCC(OC)C1. The van der Waals surface area contributed by atoms with E-state index >= 15 is 0 Å². The summed E-state index contributed by atoms with van der Waals surface area (Å²) in [6, 6.07) is 2.11. The summed E-state index contributed by atoms with van der Waals surface area (Å²) in [6.45, 7) is 6.10. The Hall–Kier alpha value is -1.13. The first-order valence-electron chi connectivity index (χ1n) is 6.76. The van der Waals surface area contributed by atoms with Crippen LogP contribution in [0.4, 0.5) is 5.69 Å². The van der Waals surface area contributed by atoms with Crippen LogP contribution in [-0.2, 0) is 11.3 Å². The molecule has 0 amide bonds. The predicted octanol–water partition coefficient (Wildman–Crippen LogP) is 1.81. The maximum Gasteiger partial charge on any atom is 0.0746 e. The molecule has 1 unspecified atom stereocenters. The summed E-state index contributed by atoms with van der Waals surface area (Å²) in [7, 11) is 1.80. The lowest BCUT2D eigenvalue weighted by Crippen LogP contribution is -2.40. The van der Waals surface area contributed by atoms with Gasteiger partial charge in [-0.1, -0.05) is 6.92 Å². The van der Waals surface area contributed by atoms with E-state index in [2.05, 4.69) is 28.2 Å². The summed E-state index contributed by atoms with van der Waals surface area (Å²) in [4.78, 5) is 6.67. The van der Waals surface area contributed by atoms with Gasteiger partial charge in [-0.05, 0) is 31.0 Å². The molecule has 1 atom stereocenters. The summed E-state index contributed by atoms with van der Waals surface area (Å²) < 4.78 is 5.49. The number of nitrogens with zero attached hydrogens (tertiary/aromatic N) is 2. The number of rotatable bonds is 5. The molecule has 4 heteroatoms. The molecule has 0 saturated carbocycles. The van der Waals surface area contributed by atoms with Gasteiger partial charge in [0.2, 0.25) is 0 Å². The van der Waals surface area contributed by atoms with E-state index in [0.717, 1.165) is 32.6 Å². The Bertz CT molecular complexity index is 370. The first-order valence-corrected chi connectivity index (χ1v) is 6.76. The van der Waals surface area contributed by atoms with Crippen molar-refractivity contribution in [2.45, 2.75) is 32.4 Å². The molecule has 1 N–H and O–H groups in total. The summed E-state index contributed by atoms with van der Waals surface area (Å²) in [6.07, 6.45) is 6.55. The van der Waals surface area contributed by atoms with Crippen LogP contribution in [0.25, 0.3) is 0 Å². The molecule has 0 spiro atoms. The second kappa shape index (κ2) is 6.71. The number of nitrogens with one attached hydrogen (secondary N) is 1. The van der Waals surface area contributed by atoms with Crippen molar-refractivity contribution in [2.75, 3.05) is 31.6 Å². The quantitative estimate of drug-likeness (QED) is 0.863. The van der Waals surface area contributed by atoms with Gasteiger partial charge < -0.3 is 15.0 Å². The molecule has 0 bridgehead atoms. The molecule has 1 aromatic rings. The molecule has 1 aromatic heterocycles. The summed E-state index contributed by atoms with van der Waals surface area (Å²) >= 11 is 0. The third-order valence-corrected chi connectivity index (χ3v) is 3.51. The smallest absolute Gasteiger partial charge is 0.0746 e. The van der Waals surface area contributed by atoms with Gasteiger partial charge in [-0.2, -0.15) is 0 Å². The van der Waals surface area contributed by atoms with Crippen molar-refractivity contribution in [1.82, 2.24) is 10.3 Å². The van der Waals surface area contributed by atoms with E-state index in [1.807, 2.05) is 12.4 Å². The van der Waals surface area contributed by atoms with Crippen molar-refractivity contribution in [2.24, 2.45) is 0 Å². The Morgan fingerprint density at radius 2 is 2.44 bits per heavy atom. The van der Waals surface area contributed by atoms with Gasteiger partial charge in [-0.3, -0.25) is 4.98 Å². The van der Waals surface area contributed by atoms with Crippen LogP contribution in [-0.4, -0.2) is 37.8 Å². The molecule has 1 aliphatic rings. The Kier molecular flexibility index (Phi) is 4.96. The molecule has 2 heterocycles. The highest BCUT2D eigenvalue weighted by atomic mass is 16.5. The molecule has 1 aliphatic heterocycles. The zero-order valence-corrected chi connectivity index (χ0v) is 11.4. The fraction of sp³-hybridized carbons (Fsp3) is 0.643. The van der Waals surface area contributed by atoms with E-state index in [1.54, 1.807) is 7.11 Å². The van der Waals surface area contributed by atoms with Crippen LogP contribution in [0.5, 0.6) is 0 Å². The zero-order valence-electron chi connectivity index (χ0n) is 11.4. The monoisotopic (exact) mass is 249 g/mol. The van der Waals surface area contributed by atoms with E-state index in [1.165, 1.54) is 17.7 Å². The topological polar surface area (TPSA) is 37.4 Å². The Balaban J connectivity index is 2.11. The first kappa shape index (κ1) is 13.3. The van der Waals surface area contributed by atoms with Crippen molar-refractivity contribution in [3.63, 3.8) is 0 Å². The maximum absolute atomic E-state index is 5.49. The minimum absolute atomic E-state index is 0.353. The number of hydrogen-bond donors (Lipinski definition) is 1. The molecule has 4 nitrogen and oxygen atoms in total. The van der Waals surface area contributed by atoms with Crippen LogP contribution in [0.15, 0.2) is 18.5 Å². The maximum atomic E-state index is 5.49. The summed E-state index contributed by atoms with van der Waals surface area (Å²) in [5.74, 6) is 0. The van der Waals surface area contributed by atoms with Crippen LogP contribution >= 0.6 is 0 Å². The molecule has 0 aliphatic carbocycles. The molecule has 2 rings (SSSR count). The average molecular weight is 249 g/mol. The van der Waals surface area contributed by atoms with E-state index in [-0.39, 0.29) is 0 Å². The molecule has 1 saturated heterocycles. The Labute approximate surface area is 109 Å². The number of anilines is 1. The normalized spacial score (nSPS) is 20.1. The second-order valence-electron chi connectivity index (χ2n) is 4.73. The third-order valence-electron chi connectivity index (χ3n) is 3.51. The highest BCUT2D eigenvalue weighted by Crippen LogP contribution is 2.24. The van der Waals surface area contributed by atoms with Crippen LogP contribution in [0.3, 0.4) is 0 Å². The van der Waals surface area contributed by atoms with E-state index in [0.29, 0.717) is 6.10 Å². The minimum Gasteiger partial charge on any atom is -0.380 e. The van der Waals surface area contributed by atoms with Gasteiger partial charge in [0.25, 0.3) is 0 Å². The number of pyridine rings is 1. The number of methoxy groups -OCH3 is 1. The highest BCUT2D eigenvalue weighted by molar-refractivity contribution is 5.52. The highest BCUT2D eigenvalue weighted by Gasteiger charge is 2.21. The summed E-state index contributed by atoms with van der Waals surface area (Å²) in [5, 5.41) is 3.38. The fourth-order valence-corrected chi connectivity index (χ4v) is 2.46. The molecule has 100 valence electrons. The van der Waals surface area contributed by atoms with Crippen molar-refractivity contribution in [3.8, 4) is 0 Å². The average Bonchev–Trinajstić information content (AvgIpc) is 2.45. The van der Waals surface area contributed by atoms with Crippen molar-refractivity contribution < 1.29 is 4.74 Å². The first-order chi connectivity index (χ1) is 8.85. The second-order valence-corrected chi connectivity index (χ2v) is 4.73. The molecule has 0 aromatic carbocycles. The van der Waals surface area contributed by atoms with Crippen molar-refractivity contribution >= 4 is 5.69 Å². The Morgan fingerprint density at radius 3 is 3.22 bits per heavy atom. The zero-order chi connectivity index (χ0) is 12.8. The standard InChI is InChI=1S/C14H23N3O/c1-3-15-9-12-6-7-16-10-14(12)17-8-4-5-13(11-17)18-2/h6-7,10,13,15H,3-5,8-9,11H2,1-2H3. The Morgan fingerprint density at radius 1 is 1.56 bits per heavy atom. The van der Waals surface area contributed by atoms with Gasteiger partial charge in [0.1, 0.15) is 0 Å². The van der Waals surface area contributed by atoms with Gasteiger partial charge >= 0.3 is 0 Å². The molecule has 0 radical (unpaired) electrons. The van der Waals surface area contributed by atoms with Gasteiger partial charge in [-0.25, -0.2) is 0 Å². The summed E-state index contributed by atoms with van der Waals surface area (Å²) in [5.41, 5.74) is 2.57. The van der Waals surface area contributed by atoms with Crippen LogP contribution in [0.2, 0.25) is 0 Å². The number of hydrogen-bond acceptors (Lipinski definition) is 4. The van der Waals surface area contributed by atoms with Gasteiger partial charge in [0.05, 0.1) is 18.0 Å². The van der Waals surface area contributed by atoms with Crippen LogP contribution in [0.1, 0.15) is 25.3 Å². The lowest BCUT2D eigenvalue weighted by atomic mass is 10.1. The third kappa shape index (κ3) is 3.21. The number of aromatic nitrogens is 1. The lowest BCUT2D eigenvalue weighted by Gasteiger charge is -2.34. The van der Waals surface area contributed by atoms with E-state index in [4.69, 9.17) is 4.74 Å². The van der Waals surface area contributed by atoms with Gasteiger partial charge in [0.15, 0.2) is 0 Å². The van der Waals surface area contributed by atoms with E-state index < -0.39 is 0 Å². The number of ether oxygens (including phenoxy) is 1. The van der Waals surface area contributed by atoms with Crippen molar-refractivity contribution in [1.29, 1.82) is 0 Å². The molecular weight excluding hydrogens is 226 g/mol. The molecule has 1 fully saturated rings. The van der Waals surface area contributed by atoms with Gasteiger partial charge in [0, 0.05) is 32.9 Å². The van der Waals surface area contributed by atoms with E-state index in [9.17, 15) is 0 Å². The predicted molar refractivity (Wildman–Crippen MR) is 73.9 cm³/mol. The largest absolute Gasteiger partial charge is 0.380 e. The van der Waals surface area contributed by atoms with Gasteiger partial charge in [-0.15, -0.1) is 0 Å². The van der Waals surface area contributed by atoms with Crippen LogP contribution < -0.4 is 10.2 Å². The molecular formula is C14H23N3O. The lowest BCUT2D eigenvalue weighted by molar-refractivity contribution is 0.0893. The van der Waals surface area contributed by atoms with Crippen LogP contribution in [0, 0.1) is 0 Å². The fourth-order valence-electron chi connectivity index (χ4n) is 2.46.